The molecule has 0 atom stereocenters. The third-order valence-corrected chi connectivity index (χ3v) is 3.54. The first kappa shape index (κ1) is 14.6. The van der Waals surface area contributed by atoms with Crippen LogP contribution in [0.2, 0.25) is 0 Å². The number of anilines is 1. The first-order valence-electron chi connectivity index (χ1n) is 7.13. The Bertz CT molecular complexity index is 546. The molecule has 0 radical (unpaired) electrons. The SMILES string of the molecule is CCc1cccc(C)c1NCc1ccc(COC)cc1. The van der Waals surface area contributed by atoms with Crippen LogP contribution in [-0.4, -0.2) is 7.11 Å². The van der Waals surface area contributed by atoms with Crippen LogP contribution < -0.4 is 5.32 Å². The molecular weight excluding hydrogens is 246 g/mol. The lowest BCUT2D eigenvalue weighted by molar-refractivity contribution is 0.185. The third-order valence-electron chi connectivity index (χ3n) is 3.54. The molecule has 0 bridgehead atoms. The molecule has 0 unspecified atom stereocenters. The maximum atomic E-state index is 5.13. The minimum Gasteiger partial charge on any atom is -0.381 e. The Kier molecular flexibility index (Phi) is 5.19. The van der Waals surface area contributed by atoms with Gasteiger partial charge in [-0.05, 0) is 35.6 Å². The monoisotopic (exact) mass is 269 g/mol. The van der Waals surface area contributed by atoms with Gasteiger partial charge in [0.05, 0.1) is 6.61 Å². The molecule has 2 aromatic rings. The largest absolute Gasteiger partial charge is 0.381 e. The summed E-state index contributed by atoms with van der Waals surface area (Å²) < 4.78 is 5.13. The topological polar surface area (TPSA) is 21.3 Å². The Labute approximate surface area is 121 Å². The molecule has 2 aromatic carbocycles. The molecule has 0 aliphatic rings. The lowest BCUT2D eigenvalue weighted by atomic mass is 10.1. The van der Waals surface area contributed by atoms with Gasteiger partial charge in [-0.3, -0.25) is 0 Å². The van der Waals surface area contributed by atoms with E-state index in [9.17, 15) is 0 Å². The number of nitrogens with one attached hydrogen (secondary N) is 1. The molecule has 106 valence electrons. The van der Waals surface area contributed by atoms with Crippen molar-refractivity contribution in [1.82, 2.24) is 0 Å². The molecule has 0 aliphatic heterocycles. The molecule has 2 heteroatoms. The standard InChI is InChI=1S/C18H23NO/c1-4-17-7-5-6-14(2)18(17)19-12-15-8-10-16(11-9-15)13-20-3/h5-11,19H,4,12-13H2,1-3H3. The fourth-order valence-electron chi connectivity index (χ4n) is 2.39. The normalized spacial score (nSPS) is 10.6. The number of ether oxygens (including phenoxy) is 1. The minimum absolute atomic E-state index is 0.672. The van der Waals surface area contributed by atoms with Crippen molar-refractivity contribution in [3.63, 3.8) is 0 Å². The average Bonchev–Trinajstić information content (AvgIpc) is 2.47. The number of para-hydroxylation sites is 1. The van der Waals surface area contributed by atoms with Crippen LogP contribution in [0.4, 0.5) is 5.69 Å². The number of hydrogen-bond acceptors (Lipinski definition) is 2. The summed E-state index contributed by atoms with van der Waals surface area (Å²) >= 11 is 0. The highest BCUT2D eigenvalue weighted by atomic mass is 16.5. The summed E-state index contributed by atoms with van der Waals surface area (Å²) in [6.45, 7) is 5.87. The molecule has 0 aromatic heterocycles. The van der Waals surface area contributed by atoms with Crippen molar-refractivity contribution in [3.05, 3.63) is 64.7 Å². The second-order valence-electron chi connectivity index (χ2n) is 5.07. The molecule has 2 rings (SSSR count). The van der Waals surface area contributed by atoms with Gasteiger partial charge in [0.25, 0.3) is 0 Å². The van der Waals surface area contributed by atoms with E-state index < -0.39 is 0 Å². The minimum atomic E-state index is 0.672. The highest BCUT2D eigenvalue weighted by molar-refractivity contribution is 5.57. The zero-order chi connectivity index (χ0) is 14.4. The number of hydrogen-bond donors (Lipinski definition) is 1. The van der Waals surface area contributed by atoms with Crippen molar-refractivity contribution < 1.29 is 4.74 Å². The summed E-state index contributed by atoms with van der Waals surface area (Å²) in [6.07, 6.45) is 1.05. The molecule has 1 N–H and O–H groups in total. The van der Waals surface area contributed by atoms with Gasteiger partial charge in [0, 0.05) is 19.3 Å². The Balaban J connectivity index is 2.05. The van der Waals surface area contributed by atoms with E-state index in [4.69, 9.17) is 4.74 Å². The highest BCUT2D eigenvalue weighted by Gasteiger charge is 2.03. The van der Waals surface area contributed by atoms with Crippen molar-refractivity contribution >= 4 is 5.69 Å². The van der Waals surface area contributed by atoms with Gasteiger partial charge in [-0.25, -0.2) is 0 Å². The van der Waals surface area contributed by atoms with Crippen LogP contribution in [0.5, 0.6) is 0 Å². The third kappa shape index (κ3) is 3.61. The lowest BCUT2D eigenvalue weighted by Crippen LogP contribution is -2.04. The van der Waals surface area contributed by atoms with Crippen molar-refractivity contribution in [1.29, 1.82) is 0 Å². The Hall–Kier alpha value is -1.80. The lowest BCUT2D eigenvalue weighted by Gasteiger charge is -2.14. The zero-order valence-corrected chi connectivity index (χ0v) is 12.6. The van der Waals surface area contributed by atoms with Crippen molar-refractivity contribution in [3.8, 4) is 0 Å². The summed E-state index contributed by atoms with van der Waals surface area (Å²) in [4.78, 5) is 0. The molecule has 0 saturated heterocycles. The average molecular weight is 269 g/mol. The van der Waals surface area contributed by atoms with Crippen molar-refractivity contribution in [2.24, 2.45) is 0 Å². The van der Waals surface area contributed by atoms with Crippen LogP contribution in [0.15, 0.2) is 42.5 Å². The van der Waals surface area contributed by atoms with Crippen LogP contribution in [0, 0.1) is 6.92 Å². The molecule has 20 heavy (non-hydrogen) atoms. The fraction of sp³-hybridized carbons (Fsp3) is 0.333. The smallest absolute Gasteiger partial charge is 0.0713 e. The maximum absolute atomic E-state index is 5.13. The van der Waals surface area contributed by atoms with Gasteiger partial charge in [-0.2, -0.15) is 0 Å². The van der Waals surface area contributed by atoms with E-state index in [1.54, 1.807) is 7.11 Å². The van der Waals surface area contributed by atoms with Crippen LogP contribution in [0.25, 0.3) is 0 Å². The number of benzene rings is 2. The Morgan fingerprint density at radius 1 is 1.00 bits per heavy atom. The van der Waals surface area contributed by atoms with Crippen LogP contribution in [0.1, 0.15) is 29.2 Å². The van der Waals surface area contributed by atoms with Crippen LogP contribution in [-0.2, 0) is 24.3 Å². The van der Waals surface area contributed by atoms with E-state index in [1.807, 2.05) is 0 Å². The quantitative estimate of drug-likeness (QED) is 0.843. The van der Waals surface area contributed by atoms with Crippen molar-refractivity contribution in [2.75, 3.05) is 12.4 Å². The van der Waals surface area contributed by atoms with Gasteiger partial charge in [0.1, 0.15) is 0 Å². The summed E-state index contributed by atoms with van der Waals surface area (Å²) in [7, 11) is 1.72. The maximum Gasteiger partial charge on any atom is 0.0713 e. The first-order chi connectivity index (χ1) is 9.74. The van der Waals surface area contributed by atoms with Crippen LogP contribution in [0.3, 0.4) is 0 Å². The van der Waals surface area contributed by atoms with E-state index in [-0.39, 0.29) is 0 Å². The van der Waals surface area contributed by atoms with Gasteiger partial charge in [-0.15, -0.1) is 0 Å². The summed E-state index contributed by atoms with van der Waals surface area (Å²) in [5.41, 5.74) is 6.45. The van der Waals surface area contributed by atoms with Crippen molar-refractivity contribution in [2.45, 2.75) is 33.4 Å². The summed E-state index contributed by atoms with van der Waals surface area (Å²) in [5, 5.41) is 3.57. The van der Waals surface area contributed by atoms with E-state index in [2.05, 4.69) is 61.6 Å². The van der Waals surface area contributed by atoms with Gasteiger partial charge >= 0.3 is 0 Å². The van der Waals surface area contributed by atoms with E-state index in [0.29, 0.717) is 6.61 Å². The van der Waals surface area contributed by atoms with E-state index in [1.165, 1.54) is 27.9 Å². The van der Waals surface area contributed by atoms with Crippen LogP contribution >= 0.6 is 0 Å². The molecule has 0 spiro atoms. The van der Waals surface area contributed by atoms with Gasteiger partial charge in [0.2, 0.25) is 0 Å². The second kappa shape index (κ2) is 7.11. The zero-order valence-electron chi connectivity index (χ0n) is 12.6. The summed E-state index contributed by atoms with van der Waals surface area (Å²) in [5.74, 6) is 0. The predicted molar refractivity (Wildman–Crippen MR) is 85.0 cm³/mol. The summed E-state index contributed by atoms with van der Waals surface area (Å²) in [6, 6.07) is 15.0. The second-order valence-corrected chi connectivity index (χ2v) is 5.07. The predicted octanol–water partition coefficient (Wildman–Crippen LogP) is 4.32. The molecule has 2 nitrogen and oxygen atoms in total. The van der Waals surface area contributed by atoms with E-state index >= 15 is 0 Å². The Morgan fingerprint density at radius 2 is 1.70 bits per heavy atom. The molecule has 0 aliphatic carbocycles. The first-order valence-corrected chi connectivity index (χ1v) is 7.13. The number of methoxy groups -OCH3 is 1. The number of rotatable bonds is 6. The highest BCUT2D eigenvalue weighted by Crippen LogP contribution is 2.21. The number of aryl methyl sites for hydroxylation is 2. The Morgan fingerprint density at radius 3 is 2.35 bits per heavy atom. The van der Waals surface area contributed by atoms with Gasteiger partial charge < -0.3 is 10.1 Å². The molecule has 0 saturated carbocycles. The molecule has 0 heterocycles. The molecular formula is C18H23NO. The van der Waals surface area contributed by atoms with Gasteiger partial charge in [-0.1, -0.05) is 49.4 Å². The fourth-order valence-corrected chi connectivity index (χ4v) is 2.39. The van der Waals surface area contributed by atoms with Gasteiger partial charge in [0.15, 0.2) is 0 Å². The molecule has 0 amide bonds. The van der Waals surface area contributed by atoms with E-state index in [0.717, 1.165) is 13.0 Å². The molecule has 0 fully saturated rings.